The predicted octanol–water partition coefficient (Wildman–Crippen LogP) is 6.99. The van der Waals surface area contributed by atoms with Crippen molar-refractivity contribution in [3.05, 3.63) is 65.4 Å². The fourth-order valence-electron chi connectivity index (χ4n) is 4.63. The molecule has 0 radical (unpaired) electrons. The standard InChI is InChI=1S/C27H34FNO2/c1-27(2,28)25(15-19-7-8-19)23-5-4-6-24(16-23)31-18-20-9-11-21(12-10-20)22-13-14-29-26(17-22)30-3/h4-6,13-17,20-21,25H,7-12,18H2,1-3H3. The Bertz CT molecular complexity index is 903. The SMILES string of the molecule is COc1cc(C2CCC(COc3cccc(C(C=C4CC4)C(C)(C)F)c3)CC2)ccn1. The fraction of sp³-hybridized carbons (Fsp3) is 0.519. The van der Waals surface area contributed by atoms with Crippen LogP contribution in [0.2, 0.25) is 0 Å². The summed E-state index contributed by atoms with van der Waals surface area (Å²) in [4.78, 5) is 4.22. The number of pyridine rings is 1. The fourth-order valence-corrected chi connectivity index (χ4v) is 4.63. The van der Waals surface area contributed by atoms with Crippen LogP contribution in [0.15, 0.2) is 54.2 Å². The number of alkyl halides is 1. The Morgan fingerprint density at radius 2 is 1.90 bits per heavy atom. The summed E-state index contributed by atoms with van der Waals surface area (Å²) in [5, 5.41) is 0. The van der Waals surface area contributed by atoms with Crippen LogP contribution in [0, 0.1) is 5.92 Å². The molecule has 0 bridgehead atoms. The van der Waals surface area contributed by atoms with Crippen molar-refractivity contribution in [2.45, 2.75) is 69.9 Å². The minimum Gasteiger partial charge on any atom is -0.493 e. The zero-order valence-corrected chi connectivity index (χ0v) is 18.9. The number of allylic oxidation sites excluding steroid dienone is 2. The first-order valence-corrected chi connectivity index (χ1v) is 11.5. The van der Waals surface area contributed by atoms with Crippen molar-refractivity contribution in [3.8, 4) is 11.6 Å². The van der Waals surface area contributed by atoms with E-state index in [2.05, 4.69) is 23.2 Å². The molecule has 3 nitrogen and oxygen atoms in total. The van der Waals surface area contributed by atoms with Gasteiger partial charge in [-0.1, -0.05) is 23.8 Å². The van der Waals surface area contributed by atoms with Gasteiger partial charge in [0.15, 0.2) is 0 Å². The maximum Gasteiger partial charge on any atom is 0.213 e. The molecule has 2 fully saturated rings. The van der Waals surface area contributed by atoms with Gasteiger partial charge in [-0.25, -0.2) is 9.37 Å². The van der Waals surface area contributed by atoms with E-state index in [-0.39, 0.29) is 5.92 Å². The summed E-state index contributed by atoms with van der Waals surface area (Å²) >= 11 is 0. The van der Waals surface area contributed by atoms with Gasteiger partial charge in [-0.3, -0.25) is 0 Å². The molecule has 0 N–H and O–H groups in total. The van der Waals surface area contributed by atoms with Gasteiger partial charge in [0, 0.05) is 18.2 Å². The van der Waals surface area contributed by atoms with E-state index < -0.39 is 5.67 Å². The molecular weight excluding hydrogens is 389 g/mol. The molecule has 2 aliphatic rings. The topological polar surface area (TPSA) is 31.4 Å². The Morgan fingerprint density at radius 1 is 1.13 bits per heavy atom. The summed E-state index contributed by atoms with van der Waals surface area (Å²) in [5.41, 5.74) is 2.40. The predicted molar refractivity (Wildman–Crippen MR) is 123 cm³/mol. The number of ether oxygens (including phenoxy) is 2. The van der Waals surface area contributed by atoms with E-state index in [0.717, 1.165) is 56.4 Å². The second kappa shape index (κ2) is 9.42. The summed E-state index contributed by atoms with van der Waals surface area (Å²) in [7, 11) is 1.66. The zero-order valence-electron chi connectivity index (χ0n) is 18.9. The van der Waals surface area contributed by atoms with E-state index in [0.29, 0.717) is 17.7 Å². The molecule has 31 heavy (non-hydrogen) atoms. The lowest BCUT2D eigenvalue weighted by molar-refractivity contribution is 0.191. The third-order valence-corrected chi connectivity index (χ3v) is 6.67. The lowest BCUT2D eigenvalue weighted by atomic mass is 9.79. The van der Waals surface area contributed by atoms with Crippen LogP contribution in [0.1, 0.15) is 75.3 Å². The second-order valence-electron chi connectivity index (χ2n) is 9.60. The van der Waals surface area contributed by atoms with Crippen molar-refractivity contribution in [3.63, 3.8) is 0 Å². The van der Waals surface area contributed by atoms with E-state index in [4.69, 9.17) is 9.47 Å². The molecule has 1 heterocycles. The Labute approximate surface area is 185 Å². The summed E-state index contributed by atoms with van der Waals surface area (Å²) in [5.74, 6) is 2.45. The van der Waals surface area contributed by atoms with Crippen LogP contribution in [0.4, 0.5) is 4.39 Å². The molecule has 1 atom stereocenters. The van der Waals surface area contributed by atoms with Gasteiger partial charge in [-0.05, 0) is 93.5 Å². The molecule has 2 aliphatic carbocycles. The molecule has 166 valence electrons. The van der Waals surface area contributed by atoms with Crippen molar-refractivity contribution >= 4 is 0 Å². The van der Waals surface area contributed by atoms with Gasteiger partial charge in [0.05, 0.1) is 13.7 Å². The molecule has 2 aromatic rings. The number of nitrogens with zero attached hydrogens (tertiary/aromatic N) is 1. The largest absolute Gasteiger partial charge is 0.493 e. The maximum atomic E-state index is 14.9. The van der Waals surface area contributed by atoms with Gasteiger partial charge in [0.25, 0.3) is 0 Å². The third kappa shape index (κ3) is 5.87. The molecule has 0 aliphatic heterocycles. The number of rotatable bonds is 8. The van der Waals surface area contributed by atoms with Crippen LogP contribution in [-0.2, 0) is 0 Å². The van der Waals surface area contributed by atoms with E-state index in [1.165, 1.54) is 11.1 Å². The Morgan fingerprint density at radius 3 is 2.58 bits per heavy atom. The first-order chi connectivity index (χ1) is 14.9. The van der Waals surface area contributed by atoms with Crippen molar-refractivity contribution in [1.29, 1.82) is 0 Å². The Balaban J connectivity index is 1.33. The van der Waals surface area contributed by atoms with Gasteiger partial charge in [0.1, 0.15) is 11.4 Å². The van der Waals surface area contributed by atoms with Crippen LogP contribution in [0.5, 0.6) is 11.6 Å². The van der Waals surface area contributed by atoms with Crippen LogP contribution in [0.25, 0.3) is 0 Å². The highest BCUT2D eigenvalue weighted by atomic mass is 19.1. The van der Waals surface area contributed by atoms with Crippen LogP contribution in [-0.4, -0.2) is 24.4 Å². The zero-order chi connectivity index (χ0) is 21.8. The summed E-state index contributed by atoms with van der Waals surface area (Å²) in [6, 6.07) is 12.2. The van der Waals surface area contributed by atoms with Gasteiger partial charge in [-0.15, -0.1) is 0 Å². The van der Waals surface area contributed by atoms with Gasteiger partial charge < -0.3 is 9.47 Å². The van der Waals surface area contributed by atoms with Crippen molar-refractivity contribution in [2.75, 3.05) is 13.7 Å². The minimum absolute atomic E-state index is 0.221. The molecule has 0 amide bonds. The molecular formula is C27H34FNO2. The third-order valence-electron chi connectivity index (χ3n) is 6.67. The number of halogens is 1. The number of methoxy groups -OCH3 is 1. The van der Waals surface area contributed by atoms with E-state index >= 15 is 0 Å². The summed E-state index contributed by atoms with van der Waals surface area (Å²) in [6.45, 7) is 4.06. The van der Waals surface area contributed by atoms with Crippen LogP contribution >= 0.6 is 0 Å². The lowest BCUT2D eigenvalue weighted by Crippen LogP contribution is -2.22. The Hall–Kier alpha value is -2.36. The van der Waals surface area contributed by atoms with E-state index in [9.17, 15) is 4.39 Å². The lowest BCUT2D eigenvalue weighted by Gasteiger charge is -2.29. The van der Waals surface area contributed by atoms with Crippen molar-refractivity contribution in [2.24, 2.45) is 5.92 Å². The number of aromatic nitrogens is 1. The maximum absolute atomic E-state index is 14.9. The first kappa shape index (κ1) is 21.9. The summed E-state index contributed by atoms with van der Waals surface area (Å²) < 4.78 is 26.3. The van der Waals surface area contributed by atoms with Gasteiger partial charge >= 0.3 is 0 Å². The average Bonchev–Trinajstić information content (AvgIpc) is 3.60. The normalized spacial score (nSPS) is 22.0. The highest BCUT2D eigenvalue weighted by molar-refractivity contribution is 5.37. The molecule has 1 unspecified atom stereocenters. The van der Waals surface area contributed by atoms with Crippen molar-refractivity contribution < 1.29 is 13.9 Å². The summed E-state index contributed by atoms with van der Waals surface area (Å²) in [6.07, 6.45) is 10.8. The molecule has 2 saturated carbocycles. The molecule has 1 aromatic carbocycles. The highest BCUT2D eigenvalue weighted by Gasteiger charge is 2.31. The highest BCUT2D eigenvalue weighted by Crippen LogP contribution is 2.40. The monoisotopic (exact) mass is 423 g/mol. The van der Waals surface area contributed by atoms with Crippen LogP contribution < -0.4 is 9.47 Å². The van der Waals surface area contributed by atoms with Gasteiger partial charge in [-0.2, -0.15) is 0 Å². The molecule has 0 saturated heterocycles. The minimum atomic E-state index is -1.29. The quantitative estimate of drug-likeness (QED) is 0.429. The number of hydrogen-bond acceptors (Lipinski definition) is 3. The van der Waals surface area contributed by atoms with E-state index in [1.54, 1.807) is 21.0 Å². The van der Waals surface area contributed by atoms with Crippen LogP contribution in [0.3, 0.4) is 0 Å². The van der Waals surface area contributed by atoms with Gasteiger partial charge in [0.2, 0.25) is 5.88 Å². The first-order valence-electron chi connectivity index (χ1n) is 11.5. The average molecular weight is 424 g/mol. The second-order valence-corrected chi connectivity index (χ2v) is 9.60. The van der Waals surface area contributed by atoms with Crippen molar-refractivity contribution in [1.82, 2.24) is 4.98 Å². The molecule has 0 spiro atoms. The molecule has 4 heteroatoms. The number of benzene rings is 1. The Kier molecular flexibility index (Phi) is 6.64. The van der Waals surface area contributed by atoms with E-state index in [1.807, 2.05) is 30.5 Å². The molecule has 1 aromatic heterocycles. The smallest absolute Gasteiger partial charge is 0.213 e. The number of hydrogen-bond donors (Lipinski definition) is 0. The molecule has 4 rings (SSSR count).